The minimum absolute atomic E-state index is 0.00202. The van der Waals surface area contributed by atoms with Crippen LogP contribution in [0.2, 0.25) is 0 Å². The number of ether oxygens (including phenoxy) is 1. The van der Waals surface area contributed by atoms with Crippen LogP contribution in [0.4, 0.5) is 18.9 Å². The van der Waals surface area contributed by atoms with Gasteiger partial charge in [0.1, 0.15) is 6.26 Å². The molecule has 0 radical (unpaired) electrons. The smallest absolute Gasteiger partial charge is 0.416 e. The average molecular weight is 390 g/mol. The quantitative estimate of drug-likeness (QED) is 0.668. The lowest BCUT2D eigenvalue weighted by molar-refractivity contribution is -0.137. The normalized spacial score (nSPS) is 11.1. The molecule has 0 aliphatic carbocycles. The molecule has 1 aromatic heterocycles. The number of hydrogen-bond donors (Lipinski definition) is 1. The van der Waals surface area contributed by atoms with Crippen molar-refractivity contribution >= 4 is 17.6 Å². The van der Waals surface area contributed by atoms with E-state index < -0.39 is 23.6 Å². The fourth-order valence-corrected chi connectivity index (χ4v) is 2.35. The van der Waals surface area contributed by atoms with Crippen molar-refractivity contribution in [3.05, 3.63) is 71.6 Å². The Balaban J connectivity index is 1.75. The first-order chi connectivity index (χ1) is 13.3. The molecule has 0 spiro atoms. The van der Waals surface area contributed by atoms with E-state index in [0.717, 1.165) is 18.4 Å². The summed E-state index contributed by atoms with van der Waals surface area (Å²) in [6.45, 7) is 0. The number of hydrogen-bond acceptors (Lipinski definition) is 5. The maximum absolute atomic E-state index is 12.6. The number of alkyl halides is 3. The van der Waals surface area contributed by atoms with Gasteiger partial charge in [0.05, 0.1) is 18.2 Å². The first-order valence-corrected chi connectivity index (χ1v) is 7.91. The van der Waals surface area contributed by atoms with Crippen LogP contribution in [0.25, 0.3) is 11.5 Å². The number of carbonyl (C=O) groups excluding carboxylic acids is 2. The molecule has 28 heavy (non-hydrogen) atoms. The van der Waals surface area contributed by atoms with E-state index in [1.807, 2.05) is 0 Å². The van der Waals surface area contributed by atoms with E-state index in [1.54, 1.807) is 12.1 Å². The van der Waals surface area contributed by atoms with Gasteiger partial charge < -0.3 is 14.5 Å². The fourth-order valence-electron chi connectivity index (χ4n) is 2.35. The number of aromatic nitrogens is 1. The lowest BCUT2D eigenvalue weighted by Crippen LogP contribution is -2.13. The molecule has 1 N–H and O–H groups in total. The monoisotopic (exact) mass is 390 g/mol. The second-order valence-corrected chi connectivity index (χ2v) is 5.64. The molecule has 1 amide bonds. The van der Waals surface area contributed by atoms with Crippen LogP contribution in [0.1, 0.15) is 26.4 Å². The number of oxazole rings is 1. The molecule has 0 unspecified atom stereocenters. The van der Waals surface area contributed by atoms with Gasteiger partial charge in [-0.2, -0.15) is 13.2 Å². The van der Waals surface area contributed by atoms with Crippen molar-refractivity contribution in [3.63, 3.8) is 0 Å². The molecule has 2 aromatic carbocycles. The second kappa shape index (κ2) is 7.55. The molecule has 0 aliphatic heterocycles. The van der Waals surface area contributed by atoms with Gasteiger partial charge in [-0.05, 0) is 42.5 Å². The van der Waals surface area contributed by atoms with Crippen LogP contribution in [-0.4, -0.2) is 24.0 Å². The Bertz CT molecular complexity index is 1010. The number of anilines is 1. The van der Waals surface area contributed by atoms with Crippen LogP contribution in [0.5, 0.6) is 0 Å². The maximum Gasteiger partial charge on any atom is 0.416 e. The number of halogens is 3. The van der Waals surface area contributed by atoms with E-state index in [4.69, 9.17) is 4.42 Å². The van der Waals surface area contributed by atoms with Crippen molar-refractivity contribution in [2.75, 3.05) is 12.4 Å². The summed E-state index contributed by atoms with van der Waals surface area (Å²) in [5, 5.41) is 2.55. The van der Waals surface area contributed by atoms with Gasteiger partial charge >= 0.3 is 12.1 Å². The largest absolute Gasteiger partial charge is 0.465 e. The number of methoxy groups -OCH3 is 1. The van der Waals surface area contributed by atoms with Crippen molar-refractivity contribution < 1.29 is 31.9 Å². The van der Waals surface area contributed by atoms with Crippen molar-refractivity contribution in [2.45, 2.75) is 6.18 Å². The van der Waals surface area contributed by atoms with E-state index in [2.05, 4.69) is 15.0 Å². The summed E-state index contributed by atoms with van der Waals surface area (Å²) in [5.74, 6) is -1.16. The summed E-state index contributed by atoms with van der Waals surface area (Å²) in [5.41, 5.74) is 0.0160. The van der Waals surface area contributed by atoms with Gasteiger partial charge in [0.25, 0.3) is 5.91 Å². The van der Waals surface area contributed by atoms with E-state index >= 15 is 0 Å². The molecule has 0 fully saturated rings. The number of nitrogens with one attached hydrogen (secondary N) is 1. The molecule has 0 aliphatic rings. The Morgan fingerprint density at radius 2 is 1.82 bits per heavy atom. The molecule has 0 saturated heterocycles. The molecule has 9 heteroatoms. The molecule has 0 saturated carbocycles. The Kier molecular flexibility index (Phi) is 5.16. The summed E-state index contributed by atoms with van der Waals surface area (Å²) in [7, 11) is 1.24. The highest BCUT2D eigenvalue weighted by atomic mass is 19.4. The number of carbonyl (C=O) groups is 2. The standard InChI is InChI=1S/C19H13F3N2O4/c1-27-18(26)12-3-2-4-14(9-12)23-16(25)15-10-28-17(24-15)11-5-7-13(8-6-11)19(20,21)22/h2-10H,1H3,(H,23,25). The summed E-state index contributed by atoms with van der Waals surface area (Å²) >= 11 is 0. The van der Waals surface area contributed by atoms with Gasteiger partial charge in [0.2, 0.25) is 5.89 Å². The molecular formula is C19H13F3N2O4. The molecule has 0 atom stereocenters. The maximum atomic E-state index is 12.6. The minimum Gasteiger partial charge on any atom is -0.465 e. The van der Waals surface area contributed by atoms with Crippen LogP contribution >= 0.6 is 0 Å². The summed E-state index contributed by atoms with van der Waals surface area (Å²) in [6.07, 6.45) is -3.36. The zero-order chi connectivity index (χ0) is 20.3. The predicted octanol–water partition coefficient (Wildman–Crippen LogP) is 4.40. The van der Waals surface area contributed by atoms with E-state index in [9.17, 15) is 22.8 Å². The van der Waals surface area contributed by atoms with Crippen LogP contribution in [0.3, 0.4) is 0 Å². The molecular weight excluding hydrogens is 377 g/mol. The zero-order valence-corrected chi connectivity index (χ0v) is 14.4. The topological polar surface area (TPSA) is 81.4 Å². The van der Waals surface area contributed by atoms with Gasteiger partial charge in [-0.15, -0.1) is 0 Å². The van der Waals surface area contributed by atoms with E-state index in [-0.39, 0.29) is 17.1 Å². The highest BCUT2D eigenvalue weighted by Crippen LogP contribution is 2.30. The van der Waals surface area contributed by atoms with Gasteiger partial charge in [0, 0.05) is 11.3 Å². The lowest BCUT2D eigenvalue weighted by atomic mass is 10.1. The van der Waals surface area contributed by atoms with Gasteiger partial charge in [-0.25, -0.2) is 9.78 Å². The second-order valence-electron chi connectivity index (χ2n) is 5.64. The minimum atomic E-state index is -4.45. The van der Waals surface area contributed by atoms with Gasteiger partial charge in [0.15, 0.2) is 5.69 Å². The first-order valence-electron chi connectivity index (χ1n) is 7.91. The SMILES string of the molecule is COC(=O)c1cccc(NC(=O)c2coc(-c3ccc(C(F)(F)F)cc3)n2)c1. The first kappa shape index (κ1) is 19.2. The summed E-state index contributed by atoms with van der Waals surface area (Å²) in [6, 6.07) is 10.3. The average Bonchev–Trinajstić information content (AvgIpc) is 3.17. The lowest BCUT2D eigenvalue weighted by Gasteiger charge is -2.06. The third kappa shape index (κ3) is 4.20. The Labute approximate surface area is 157 Å². The highest BCUT2D eigenvalue weighted by molar-refractivity contribution is 6.03. The van der Waals surface area contributed by atoms with Crippen molar-refractivity contribution in [3.8, 4) is 11.5 Å². The van der Waals surface area contributed by atoms with Crippen LogP contribution in [0.15, 0.2) is 59.2 Å². The van der Waals surface area contributed by atoms with Crippen LogP contribution in [-0.2, 0) is 10.9 Å². The molecule has 3 rings (SSSR count). The summed E-state index contributed by atoms with van der Waals surface area (Å²) in [4.78, 5) is 27.8. The molecule has 3 aromatic rings. The number of nitrogens with zero attached hydrogens (tertiary/aromatic N) is 1. The zero-order valence-electron chi connectivity index (χ0n) is 14.4. The number of amides is 1. The van der Waals surface area contributed by atoms with Crippen LogP contribution < -0.4 is 5.32 Å². The fraction of sp³-hybridized carbons (Fsp3) is 0.105. The Morgan fingerprint density at radius 1 is 1.11 bits per heavy atom. The van der Waals surface area contributed by atoms with E-state index in [1.165, 1.54) is 31.4 Å². The van der Waals surface area contributed by atoms with Crippen molar-refractivity contribution in [1.29, 1.82) is 0 Å². The van der Waals surface area contributed by atoms with E-state index in [0.29, 0.717) is 11.3 Å². The molecule has 1 heterocycles. The summed E-state index contributed by atoms with van der Waals surface area (Å²) < 4.78 is 47.7. The Morgan fingerprint density at radius 3 is 2.46 bits per heavy atom. The highest BCUT2D eigenvalue weighted by Gasteiger charge is 2.30. The van der Waals surface area contributed by atoms with Gasteiger partial charge in [-0.3, -0.25) is 4.79 Å². The molecule has 6 nitrogen and oxygen atoms in total. The number of esters is 1. The van der Waals surface area contributed by atoms with Crippen molar-refractivity contribution in [2.24, 2.45) is 0 Å². The number of benzene rings is 2. The third-order valence-electron chi connectivity index (χ3n) is 3.74. The van der Waals surface area contributed by atoms with Crippen molar-refractivity contribution in [1.82, 2.24) is 4.98 Å². The Hall–Kier alpha value is -3.62. The molecule has 144 valence electrons. The van der Waals surface area contributed by atoms with Crippen LogP contribution in [0, 0.1) is 0 Å². The number of rotatable bonds is 4. The van der Waals surface area contributed by atoms with Gasteiger partial charge in [-0.1, -0.05) is 6.07 Å². The molecule has 0 bridgehead atoms. The third-order valence-corrected chi connectivity index (χ3v) is 3.74. The predicted molar refractivity (Wildman–Crippen MR) is 92.7 cm³/mol.